The fraction of sp³-hybridized carbons (Fsp3) is 0.280. The summed E-state index contributed by atoms with van der Waals surface area (Å²) < 4.78 is 0. The number of likely N-dealkylation sites (N-methyl/N-ethyl adjacent to an activating group) is 1. The molecule has 3 aromatic rings. The molecular weight excluding hydrogens is 418 g/mol. The standard InChI is InChI=1S/C25H27N5O3/c1-18(31)28(2)17-24(32)29-13-15-30(16-14-29)25(33)20-10-7-19(8-11-20)9-12-23-21-5-3-4-6-22(21)26-27-23/h3-12H,13-17H2,1-2H3,(H,26,27)/b12-9+. The lowest BCUT2D eigenvalue weighted by atomic mass is 10.1. The summed E-state index contributed by atoms with van der Waals surface area (Å²) in [5, 5.41) is 8.42. The van der Waals surface area contributed by atoms with Crippen LogP contribution in [0.3, 0.4) is 0 Å². The number of H-pyrrole nitrogens is 1. The number of nitrogens with zero attached hydrogens (tertiary/aromatic N) is 4. The molecule has 3 amide bonds. The molecule has 2 aromatic carbocycles. The molecule has 0 saturated carbocycles. The monoisotopic (exact) mass is 445 g/mol. The molecule has 0 atom stereocenters. The minimum absolute atomic E-state index is 0.0447. The number of hydrogen-bond acceptors (Lipinski definition) is 4. The van der Waals surface area contributed by atoms with Gasteiger partial charge in [-0.05, 0) is 29.8 Å². The first-order valence-corrected chi connectivity index (χ1v) is 10.9. The van der Waals surface area contributed by atoms with Crippen molar-refractivity contribution < 1.29 is 14.4 Å². The second kappa shape index (κ2) is 9.68. The Morgan fingerprint density at radius 1 is 0.970 bits per heavy atom. The second-order valence-electron chi connectivity index (χ2n) is 8.16. The van der Waals surface area contributed by atoms with E-state index in [1.807, 2.05) is 60.7 Å². The predicted octanol–water partition coefficient (Wildman–Crippen LogP) is 2.50. The van der Waals surface area contributed by atoms with E-state index in [9.17, 15) is 14.4 Å². The SMILES string of the molecule is CC(=O)N(C)CC(=O)N1CCN(C(=O)c2ccc(/C=C/c3n[nH]c4ccccc34)cc2)CC1. The molecule has 1 N–H and O–H groups in total. The van der Waals surface area contributed by atoms with Gasteiger partial charge in [-0.25, -0.2) is 0 Å². The van der Waals surface area contributed by atoms with E-state index in [4.69, 9.17) is 0 Å². The average molecular weight is 446 g/mol. The quantitative estimate of drug-likeness (QED) is 0.654. The topological polar surface area (TPSA) is 89.6 Å². The van der Waals surface area contributed by atoms with Crippen LogP contribution in [0.5, 0.6) is 0 Å². The summed E-state index contributed by atoms with van der Waals surface area (Å²) in [5.41, 5.74) is 3.45. The highest BCUT2D eigenvalue weighted by molar-refractivity contribution is 5.95. The summed E-state index contributed by atoms with van der Waals surface area (Å²) in [6, 6.07) is 15.4. The summed E-state index contributed by atoms with van der Waals surface area (Å²) in [6.45, 7) is 3.38. The van der Waals surface area contributed by atoms with E-state index in [0.717, 1.165) is 22.2 Å². The van der Waals surface area contributed by atoms with Crippen molar-refractivity contribution in [2.75, 3.05) is 39.8 Å². The number of carbonyl (C=O) groups excluding carboxylic acids is 3. The van der Waals surface area contributed by atoms with Gasteiger partial charge in [0.05, 0.1) is 17.8 Å². The molecule has 0 spiro atoms. The summed E-state index contributed by atoms with van der Waals surface area (Å²) >= 11 is 0. The van der Waals surface area contributed by atoms with Gasteiger partial charge in [0.25, 0.3) is 5.91 Å². The van der Waals surface area contributed by atoms with Crippen LogP contribution in [0, 0.1) is 0 Å². The largest absolute Gasteiger partial charge is 0.338 e. The lowest BCUT2D eigenvalue weighted by Gasteiger charge is -2.35. The van der Waals surface area contributed by atoms with Crippen molar-refractivity contribution in [1.29, 1.82) is 0 Å². The highest BCUT2D eigenvalue weighted by Crippen LogP contribution is 2.18. The van der Waals surface area contributed by atoms with E-state index in [1.165, 1.54) is 11.8 Å². The van der Waals surface area contributed by atoms with Gasteiger partial charge in [-0.15, -0.1) is 0 Å². The molecule has 0 aliphatic carbocycles. The molecule has 8 nitrogen and oxygen atoms in total. The van der Waals surface area contributed by atoms with Crippen LogP contribution in [-0.2, 0) is 9.59 Å². The molecule has 1 aliphatic rings. The van der Waals surface area contributed by atoms with Crippen LogP contribution < -0.4 is 0 Å². The van der Waals surface area contributed by atoms with Crippen LogP contribution in [0.15, 0.2) is 48.5 Å². The van der Waals surface area contributed by atoms with Gasteiger partial charge in [-0.2, -0.15) is 5.10 Å². The molecule has 1 fully saturated rings. The Hall–Kier alpha value is -3.94. The number of para-hydroxylation sites is 1. The van der Waals surface area contributed by atoms with Crippen molar-refractivity contribution in [2.24, 2.45) is 0 Å². The van der Waals surface area contributed by atoms with Gasteiger partial charge in [0, 0.05) is 51.1 Å². The average Bonchev–Trinajstić information content (AvgIpc) is 3.25. The molecule has 0 bridgehead atoms. The van der Waals surface area contributed by atoms with Gasteiger partial charge in [-0.3, -0.25) is 19.5 Å². The molecule has 170 valence electrons. The number of amides is 3. The van der Waals surface area contributed by atoms with Crippen LogP contribution in [0.2, 0.25) is 0 Å². The zero-order valence-corrected chi connectivity index (χ0v) is 18.8. The van der Waals surface area contributed by atoms with Crippen LogP contribution >= 0.6 is 0 Å². The lowest BCUT2D eigenvalue weighted by molar-refractivity contribution is -0.139. The summed E-state index contributed by atoms with van der Waals surface area (Å²) in [5.74, 6) is -0.287. The van der Waals surface area contributed by atoms with Crippen molar-refractivity contribution in [1.82, 2.24) is 24.9 Å². The molecule has 1 aromatic heterocycles. The number of piperazine rings is 1. The second-order valence-corrected chi connectivity index (χ2v) is 8.16. The number of benzene rings is 2. The smallest absolute Gasteiger partial charge is 0.253 e. The maximum Gasteiger partial charge on any atom is 0.253 e. The van der Waals surface area contributed by atoms with Crippen molar-refractivity contribution in [3.05, 3.63) is 65.4 Å². The van der Waals surface area contributed by atoms with E-state index in [1.54, 1.807) is 16.8 Å². The van der Waals surface area contributed by atoms with Crippen molar-refractivity contribution in [2.45, 2.75) is 6.92 Å². The number of nitrogens with one attached hydrogen (secondary N) is 1. The van der Waals surface area contributed by atoms with Gasteiger partial charge in [0.1, 0.15) is 0 Å². The molecule has 1 saturated heterocycles. The maximum absolute atomic E-state index is 12.9. The first-order valence-electron chi connectivity index (χ1n) is 10.9. The van der Waals surface area contributed by atoms with E-state index >= 15 is 0 Å². The zero-order chi connectivity index (χ0) is 23.4. The number of carbonyl (C=O) groups is 3. The molecule has 1 aliphatic heterocycles. The van der Waals surface area contributed by atoms with Gasteiger partial charge in [-0.1, -0.05) is 36.4 Å². The molecule has 4 rings (SSSR count). The van der Waals surface area contributed by atoms with Gasteiger partial charge in [0.2, 0.25) is 11.8 Å². The molecule has 0 radical (unpaired) electrons. The third-order valence-corrected chi connectivity index (χ3v) is 5.92. The third kappa shape index (κ3) is 5.11. The Labute approximate surface area is 192 Å². The Morgan fingerprint density at radius 2 is 1.64 bits per heavy atom. The lowest BCUT2D eigenvalue weighted by Crippen LogP contribution is -2.52. The van der Waals surface area contributed by atoms with Crippen molar-refractivity contribution in [3.63, 3.8) is 0 Å². The Morgan fingerprint density at radius 3 is 2.33 bits per heavy atom. The molecule has 0 unspecified atom stereocenters. The Bertz CT molecular complexity index is 1190. The maximum atomic E-state index is 12.9. The summed E-state index contributed by atoms with van der Waals surface area (Å²) in [6.07, 6.45) is 3.93. The zero-order valence-electron chi connectivity index (χ0n) is 18.8. The summed E-state index contributed by atoms with van der Waals surface area (Å²) in [4.78, 5) is 41.4. The number of hydrogen-bond donors (Lipinski definition) is 1. The molecule has 8 heteroatoms. The third-order valence-electron chi connectivity index (χ3n) is 5.92. The Balaban J connectivity index is 1.33. The van der Waals surface area contributed by atoms with E-state index in [2.05, 4.69) is 10.2 Å². The first-order chi connectivity index (χ1) is 15.9. The molecular formula is C25H27N5O3. The highest BCUT2D eigenvalue weighted by atomic mass is 16.2. The Kier molecular flexibility index (Phi) is 6.53. The van der Waals surface area contributed by atoms with Gasteiger partial charge in [0.15, 0.2) is 0 Å². The number of aromatic nitrogens is 2. The van der Waals surface area contributed by atoms with Crippen molar-refractivity contribution >= 4 is 40.8 Å². The number of rotatable bonds is 5. The van der Waals surface area contributed by atoms with E-state index < -0.39 is 0 Å². The highest BCUT2D eigenvalue weighted by Gasteiger charge is 2.25. The van der Waals surface area contributed by atoms with Gasteiger partial charge >= 0.3 is 0 Å². The van der Waals surface area contributed by atoms with Crippen molar-refractivity contribution in [3.8, 4) is 0 Å². The fourth-order valence-electron chi connectivity index (χ4n) is 3.78. The fourth-order valence-corrected chi connectivity index (χ4v) is 3.78. The number of aromatic amines is 1. The van der Waals surface area contributed by atoms with Gasteiger partial charge < -0.3 is 14.7 Å². The first kappa shape index (κ1) is 22.3. The normalized spacial score (nSPS) is 14.1. The van der Waals surface area contributed by atoms with Crippen LogP contribution in [-0.4, -0.2) is 82.4 Å². The molecule has 2 heterocycles. The van der Waals surface area contributed by atoms with E-state index in [-0.39, 0.29) is 24.3 Å². The summed E-state index contributed by atoms with van der Waals surface area (Å²) in [7, 11) is 1.61. The minimum atomic E-state index is -0.145. The van der Waals surface area contributed by atoms with E-state index in [0.29, 0.717) is 31.7 Å². The van der Waals surface area contributed by atoms with Crippen LogP contribution in [0.1, 0.15) is 28.5 Å². The van der Waals surface area contributed by atoms with Crippen LogP contribution in [0.25, 0.3) is 23.1 Å². The minimum Gasteiger partial charge on any atom is -0.338 e. The predicted molar refractivity (Wildman–Crippen MR) is 127 cm³/mol. The molecule has 33 heavy (non-hydrogen) atoms. The van der Waals surface area contributed by atoms with Crippen LogP contribution in [0.4, 0.5) is 0 Å². The number of fused-ring (bicyclic) bond motifs is 1.